The molecule has 4 unspecified atom stereocenters. The van der Waals surface area contributed by atoms with E-state index in [1.54, 1.807) is 23.1 Å². The molecule has 0 bridgehead atoms. The fourth-order valence-electron chi connectivity index (χ4n) is 7.00. The lowest BCUT2D eigenvalue weighted by molar-refractivity contribution is -0.134. The molecule has 3 amide bonds. The number of nitrogens with zero attached hydrogens (tertiary/aromatic N) is 2. The Bertz CT molecular complexity index is 1580. The third-order valence-electron chi connectivity index (χ3n) is 9.18. The predicted molar refractivity (Wildman–Crippen MR) is 157 cm³/mol. The molecular formula is C33H35N5O5. The third kappa shape index (κ3) is 5.90. The van der Waals surface area contributed by atoms with Crippen molar-refractivity contribution in [2.75, 3.05) is 19.7 Å². The highest BCUT2D eigenvalue weighted by atomic mass is 16.5. The van der Waals surface area contributed by atoms with Gasteiger partial charge in [-0.05, 0) is 61.3 Å². The number of carbonyl (C=O) groups is 4. The van der Waals surface area contributed by atoms with Crippen molar-refractivity contribution in [3.8, 4) is 6.07 Å². The minimum atomic E-state index is -0.916. The second kappa shape index (κ2) is 12.4. The van der Waals surface area contributed by atoms with Crippen LogP contribution in [0.5, 0.6) is 0 Å². The van der Waals surface area contributed by atoms with Gasteiger partial charge in [-0.3, -0.25) is 19.2 Å². The Kier molecular flexibility index (Phi) is 8.25. The van der Waals surface area contributed by atoms with Gasteiger partial charge >= 0.3 is 0 Å². The highest BCUT2D eigenvalue weighted by Crippen LogP contribution is 2.43. The van der Waals surface area contributed by atoms with E-state index in [-0.39, 0.29) is 60.9 Å². The molecule has 10 nitrogen and oxygen atoms in total. The number of ketones is 1. The molecule has 1 aromatic heterocycles. The van der Waals surface area contributed by atoms with Gasteiger partial charge in [-0.25, -0.2) is 0 Å². The molecule has 3 heterocycles. The van der Waals surface area contributed by atoms with E-state index in [2.05, 4.69) is 21.7 Å². The van der Waals surface area contributed by atoms with Crippen LogP contribution in [0, 0.1) is 29.1 Å². The van der Waals surface area contributed by atoms with Crippen LogP contribution in [0.1, 0.15) is 53.7 Å². The second-order valence-corrected chi connectivity index (χ2v) is 11.8. The first-order valence-corrected chi connectivity index (χ1v) is 15.0. The molecule has 2 saturated heterocycles. The zero-order chi connectivity index (χ0) is 29.9. The van der Waals surface area contributed by atoms with Crippen molar-refractivity contribution in [2.45, 2.75) is 50.8 Å². The number of aromatic nitrogens is 1. The maximum atomic E-state index is 14.0. The van der Waals surface area contributed by atoms with Gasteiger partial charge in [0.2, 0.25) is 11.8 Å². The van der Waals surface area contributed by atoms with E-state index >= 15 is 0 Å². The second-order valence-electron chi connectivity index (χ2n) is 11.8. The van der Waals surface area contributed by atoms with Gasteiger partial charge in [0.05, 0.1) is 24.3 Å². The van der Waals surface area contributed by atoms with Crippen LogP contribution in [-0.4, -0.2) is 65.2 Å². The van der Waals surface area contributed by atoms with Crippen LogP contribution in [-0.2, 0) is 25.7 Å². The van der Waals surface area contributed by atoms with Crippen LogP contribution < -0.4 is 10.6 Å². The van der Waals surface area contributed by atoms with Crippen molar-refractivity contribution in [1.82, 2.24) is 20.5 Å². The van der Waals surface area contributed by atoms with Crippen LogP contribution in [0.15, 0.2) is 54.6 Å². The molecule has 3 aliphatic rings. The molecule has 5 atom stereocenters. The number of fused-ring (bicyclic) bond motifs is 2. The number of hydrogen-bond donors (Lipinski definition) is 3. The average molecular weight is 582 g/mol. The standard InChI is InChI=1S/C33H35N5O5/c34-16-22-8-5-11-26-25(22)15-28(36-26)33(42)38-17-23-9-4-10-24(23)30(38)32(41)37-27(14-21-12-13-35-31(21)40)29(39)19-43-18-20-6-2-1-3-7-20/h1-3,5-8,11,15,21,23-24,27,30,36H,4,9-10,12-14,17-19H2,(H,35,40)(H,37,41)/t21-,23?,24?,27?,30?/m0/s1. The van der Waals surface area contributed by atoms with Gasteiger partial charge in [0.1, 0.15) is 18.3 Å². The summed E-state index contributed by atoms with van der Waals surface area (Å²) in [7, 11) is 0. The Balaban J connectivity index is 1.21. The molecule has 3 fully saturated rings. The van der Waals surface area contributed by atoms with Gasteiger partial charge in [-0.2, -0.15) is 5.26 Å². The van der Waals surface area contributed by atoms with Crippen molar-refractivity contribution in [1.29, 1.82) is 5.26 Å². The van der Waals surface area contributed by atoms with Crippen LogP contribution in [0.2, 0.25) is 0 Å². The summed E-state index contributed by atoms with van der Waals surface area (Å²) in [6.45, 7) is 1.04. The van der Waals surface area contributed by atoms with Crippen molar-refractivity contribution < 1.29 is 23.9 Å². The number of aromatic amines is 1. The van der Waals surface area contributed by atoms with Gasteiger partial charge in [0.25, 0.3) is 5.91 Å². The quantitative estimate of drug-likeness (QED) is 0.336. The number of amides is 3. The number of carbonyl (C=O) groups excluding carboxylic acids is 4. The molecule has 3 aromatic rings. The highest BCUT2D eigenvalue weighted by molar-refractivity contribution is 6.02. The molecule has 2 aliphatic heterocycles. The van der Waals surface area contributed by atoms with Gasteiger partial charge in [-0.15, -0.1) is 0 Å². The topological polar surface area (TPSA) is 144 Å². The van der Waals surface area contributed by atoms with Gasteiger partial charge in [-0.1, -0.05) is 42.8 Å². The van der Waals surface area contributed by atoms with Crippen LogP contribution in [0.4, 0.5) is 0 Å². The van der Waals surface area contributed by atoms with Crippen molar-refractivity contribution in [3.63, 3.8) is 0 Å². The molecule has 3 N–H and O–H groups in total. The highest BCUT2D eigenvalue weighted by Gasteiger charge is 2.50. The van der Waals surface area contributed by atoms with E-state index in [0.717, 1.165) is 24.8 Å². The fourth-order valence-corrected chi connectivity index (χ4v) is 7.00. The van der Waals surface area contributed by atoms with E-state index in [1.165, 1.54) is 0 Å². The largest absolute Gasteiger partial charge is 0.369 e. The molecule has 0 radical (unpaired) electrons. The summed E-state index contributed by atoms with van der Waals surface area (Å²) in [6.07, 6.45) is 3.51. The molecule has 0 spiro atoms. The number of likely N-dealkylation sites (tertiary alicyclic amines) is 1. The lowest BCUT2D eigenvalue weighted by Crippen LogP contribution is -2.53. The summed E-state index contributed by atoms with van der Waals surface area (Å²) >= 11 is 0. The summed E-state index contributed by atoms with van der Waals surface area (Å²) in [5.41, 5.74) is 2.39. The SMILES string of the molecule is N#Cc1cccc2[nH]c(C(=O)N3CC4CCCC4C3C(=O)NC(C[C@@H]3CCNC3=O)C(=O)COCc3ccccc3)cc12. The summed E-state index contributed by atoms with van der Waals surface area (Å²) < 4.78 is 5.70. The van der Waals surface area contributed by atoms with Crippen LogP contribution in [0.25, 0.3) is 10.9 Å². The molecule has 1 saturated carbocycles. The van der Waals surface area contributed by atoms with Crippen LogP contribution >= 0.6 is 0 Å². The Hall–Kier alpha value is -4.49. The van der Waals surface area contributed by atoms with Gasteiger partial charge in [0, 0.05) is 29.9 Å². The Morgan fingerprint density at radius 2 is 1.93 bits per heavy atom. The number of benzene rings is 2. The number of Topliss-reactive ketones (excluding diaryl/α,β-unsaturated/α-hetero) is 1. The minimum Gasteiger partial charge on any atom is -0.369 e. The molecule has 6 rings (SSSR count). The van der Waals surface area contributed by atoms with Crippen LogP contribution in [0.3, 0.4) is 0 Å². The van der Waals surface area contributed by atoms with Gasteiger partial charge in [0.15, 0.2) is 5.78 Å². The zero-order valence-corrected chi connectivity index (χ0v) is 23.9. The first-order chi connectivity index (χ1) is 20.9. The maximum absolute atomic E-state index is 14.0. The lowest BCUT2D eigenvalue weighted by atomic mass is 9.92. The number of H-pyrrole nitrogens is 1. The molecule has 222 valence electrons. The van der Waals surface area contributed by atoms with E-state index in [4.69, 9.17) is 4.74 Å². The van der Waals surface area contributed by atoms with E-state index in [0.29, 0.717) is 41.7 Å². The van der Waals surface area contributed by atoms with Crippen molar-refractivity contribution in [2.24, 2.45) is 17.8 Å². The van der Waals surface area contributed by atoms with E-state index in [9.17, 15) is 24.4 Å². The number of hydrogen-bond acceptors (Lipinski definition) is 6. The average Bonchev–Trinajstić information content (AvgIpc) is 3.81. The molecular weight excluding hydrogens is 546 g/mol. The maximum Gasteiger partial charge on any atom is 0.271 e. The van der Waals surface area contributed by atoms with E-state index < -0.39 is 12.1 Å². The number of ether oxygens (including phenoxy) is 1. The van der Waals surface area contributed by atoms with Crippen molar-refractivity contribution >= 4 is 34.4 Å². The monoisotopic (exact) mass is 581 g/mol. The summed E-state index contributed by atoms with van der Waals surface area (Å²) in [4.78, 5) is 58.5. The summed E-state index contributed by atoms with van der Waals surface area (Å²) in [5.74, 6) is -1.31. The normalized spacial score (nSPS) is 23.5. The number of nitrogens with one attached hydrogen (secondary N) is 3. The Morgan fingerprint density at radius 1 is 1.09 bits per heavy atom. The molecule has 43 heavy (non-hydrogen) atoms. The molecule has 1 aliphatic carbocycles. The number of rotatable bonds is 10. The lowest BCUT2D eigenvalue weighted by Gasteiger charge is -2.29. The third-order valence-corrected chi connectivity index (χ3v) is 9.18. The molecule has 10 heteroatoms. The summed E-state index contributed by atoms with van der Waals surface area (Å²) in [6, 6.07) is 17.0. The Labute approximate surface area is 249 Å². The first kappa shape index (κ1) is 28.6. The number of nitriles is 1. The zero-order valence-electron chi connectivity index (χ0n) is 23.9. The smallest absolute Gasteiger partial charge is 0.271 e. The Morgan fingerprint density at radius 3 is 2.70 bits per heavy atom. The van der Waals surface area contributed by atoms with Gasteiger partial charge < -0.3 is 25.3 Å². The van der Waals surface area contributed by atoms with E-state index in [1.807, 2.05) is 36.4 Å². The predicted octanol–water partition coefficient (Wildman–Crippen LogP) is 3.08. The summed E-state index contributed by atoms with van der Waals surface area (Å²) in [5, 5.41) is 15.9. The minimum absolute atomic E-state index is 0.0112. The first-order valence-electron chi connectivity index (χ1n) is 15.0. The van der Waals surface area contributed by atoms with Crippen molar-refractivity contribution in [3.05, 3.63) is 71.4 Å². The fraction of sp³-hybridized carbons (Fsp3) is 0.424. The molecule has 2 aromatic carbocycles.